The quantitative estimate of drug-likeness (QED) is 0.893. The maximum absolute atomic E-state index is 9.52. The highest BCUT2D eigenvalue weighted by molar-refractivity contribution is 5.51. The van der Waals surface area contributed by atoms with Crippen molar-refractivity contribution in [2.24, 2.45) is 0 Å². The number of nitrogens with zero attached hydrogens (tertiary/aromatic N) is 2. The fraction of sp³-hybridized carbons (Fsp3) is 0.643. The van der Waals surface area contributed by atoms with Crippen LogP contribution in [-0.4, -0.2) is 36.4 Å². The Morgan fingerprint density at radius 3 is 2.61 bits per heavy atom. The molecule has 0 unspecified atom stereocenters. The van der Waals surface area contributed by atoms with Crippen LogP contribution in [0.1, 0.15) is 38.3 Å². The molecule has 2 rings (SSSR count). The van der Waals surface area contributed by atoms with E-state index in [9.17, 15) is 5.11 Å². The fourth-order valence-electron chi connectivity index (χ4n) is 2.34. The smallest absolute Gasteiger partial charge is 0.142 e. The molecule has 1 aliphatic rings. The Balaban J connectivity index is 2.19. The summed E-state index contributed by atoms with van der Waals surface area (Å²) in [5, 5.41) is 9.52. The zero-order chi connectivity index (χ0) is 13.1. The van der Waals surface area contributed by atoms with Gasteiger partial charge in [0, 0.05) is 19.2 Å². The molecule has 0 radical (unpaired) electrons. The minimum atomic E-state index is -0.147. The van der Waals surface area contributed by atoms with E-state index in [-0.39, 0.29) is 6.10 Å². The van der Waals surface area contributed by atoms with E-state index in [2.05, 4.69) is 29.8 Å². The van der Waals surface area contributed by atoms with Crippen molar-refractivity contribution in [1.82, 2.24) is 4.98 Å². The Hall–Kier alpha value is -1.29. The summed E-state index contributed by atoms with van der Waals surface area (Å²) in [5.41, 5.74) is 2.08. The van der Waals surface area contributed by atoms with Gasteiger partial charge in [-0.25, -0.2) is 0 Å². The predicted molar refractivity (Wildman–Crippen MR) is 72.3 cm³/mol. The summed E-state index contributed by atoms with van der Waals surface area (Å²) in [6, 6.07) is 2.06. The SMILES string of the molecule is COc1cc(N2CCC(O)CC2)cnc1C(C)C. The van der Waals surface area contributed by atoms with Crippen molar-refractivity contribution in [1.29, 1.82) is 0 Å². The first-order valence-electron chi connectivity index (χ1n) is 6.58. The van der Waals surface area contributed by atoms with Crippen molar-refractivity contribution in [3.05, 3.63) is 18.0 Å². The lowest BCUT2D eigenvalue weighted by Gasteiger charge is -2.31. The summed E-state index contributed by atoms with van der Waals surface area (Å²) in [5.74, 6) is 1.21. The Kier molecular flexibility index (Phi) is 4.07. The zero-order valence-corrected chi connectivity index (χ0v) is 11.4. The van der Waals surface area contributed by atoms with Crippen LogP contribution in [0.5, 0.6) is 5.75 Å². The molecule has 100 valence electrons. The van der Waals surface area contributed by atoms with E-state index >= 15 is 0 Å². The largest absolute Gasteiger partial charge is 0.495 e. The first-order chi connectivity index (χ1) is 8.61. The van der Waals surface area contributed by atoms with Crippen LogP contribution in [0.3, 0.4) is 0 Å². The van der Waals surface area contributed by atoms with Gasteiger partial charge in [-0.3, -0.25) is 4.98 Å². The molecule has 1 aromatic rings. The van der Waals surface area contributed by atoms with Gasteiger partial charge in [0.15, 0.2) is 0 Å². The monoisotopic (exact) mass is 250 g/mol. The minimum Gasteiger partial charge on any atom is -0.495 e. The number of anilines is 1. The number of hydrogen-bond acceptors (Lipinski definition) is 4. The molecule has 1 fully saturated rings. The van der Waals surface area contributed by atoms with Gasteiger partial charge in [-0.2, -0.15) is 0 Å². The highest BCUT2D eigenvalue weighted by Gasteiger charge is 2.19. The first kappa shape index (κ1) is 13.1. The molecule has 0 spiro atoms. The summed E-state index contributed by atoms with van der Waals surface area (Å²) < 4.78 is 5.42. The van der Waals surface area contributed by atoms with Crippen molar-refractivity contribution >= 4 is 5.69 Å². The molecule has 18 heavy (non-hydrogen) atoms. The standard InChI is InChI=1S/C14H22N2O2/c1-10(2)14-13(18-3)8-11(9-15-14)16-6-4-12(17)5-7-16/h8-10,12,17H,4-7H2,1-3H3. The van der Waals surface area contributed by atoms with Gasteiger partial charge < -0.3 is 14.7 Å². The van der Waals surface area contributed by atoms with Gasteiger partial charge in [0.2, 0.25) is 0 Å². The van der Waals surface area contributed by atoms with Gasteiger partial charge in [-0.1, -0.05) is 13.8 Å². The van der Waals surface area contributed by atoms with Gasteiger partial charge in [0.1, 0.15) is 5.75 Å². The van der Waals surface area contributed by atoms with Crippen molar-refractivity contribution in [2.45, 2.75) is 38.7 Å². The molecule has 0 aliphatic carbocycles. The second-order valence-electron chi connectivity index (χ2n) is 5.15. The molecule has 4 heteroatoms. The first-order valence-corrected chi connectivity index (χ1v) is 6.58. The summed E-state index contributed by atoms with van der Waals surface area (Å²) in [7, 11) is 1.69. The molecule has 0 amide bonds. The Bertz CT molecular complexity index is 399. The summed E-state index contributed by atoms with van der Waals surface area (Å²) in [6.45, 7) is 5.99. The van der Waals surface area contributed by atoms with Gasteiger partial charge >= 0.3 is 0 Å². The number of methoxy groups -OCH3 is 1. The molecule has 1 N–H and O–H groups in total. The number of aromatic nitrogens is 1. The van der Waals surface area contributed by atoms with E-state index < -0.39 is 0 Å². The van der Waals surface area contributed by atoms with E-state index in [0.717, 1.165) is 43.1 Å². The van der Waals surface area contributed by atoms with Crippen LogP contribution in [0.4, 0.5) is 5.69 Å². The third-order valence-corrected chi connectivity index (χ3v) is 3.46. The second-order valence-corrected chi connectivity index (χ2v) is 5.15. The number of pyridine rings is 1. The summed E-state index contributed by atoms with van der Waals surface area (Å²) in [4.78, 5) is 6.77. The highest BCUT2D eigenvalue weighted by Crippen LogP contribution is 2.29. The van der Waals surface area contributed by atoms with Crippen LogP contribution >= 0.6 is 0 Å². The van der Waals surface area contributed by atoms with Gasteiger partial charge in [0.25, 0.3) is 0 Å². The number of piperidine rings is 1. The Morgan fingerprint density at radius 2 is 2.06 bits per heavy atom. The summed E-state index contributed by atoms with van der Waals surface area (Å²) in [6.07, 6.45) is 3.42. The molecule has 1 saturated heterocycles. The van der Waals surface area contributed by atoms with Crippen molar-refractivity contribution < 1.29 is 9.84 Å². The molecule has 0 aromatic carbocycles. The van der Waals surface area contributed by atoms with Gasteiger partial charge in [-0.05, 0) is 18.8 Å². The maximum Gasteiger partial charge on any atom is 0.142 e. The van der Waals surface area contributed by atoms with Crippen LogP contribution in [0.2, 0.25) is 0 Å². The summed E-state index contributed by atoms with van der Waals surface area (Å²) >= 11 is 0. The number of ether oxygens (including phenoxy) is 1. The van der Waals surface area contributed by atoms with Crippen LogP contribution in [0.15, 0.2) is 12.3 Å². The highest BCUT2D eigenvalue weighted by atomic mass is 16.5. The molecule has 4 nitrogen and oxygen atoms in total. The van der Waals surface area contributed by atoms with Gasteiger partial charge in [-0.15, -0.1) is 0 Å². The molecule has 0 bridgehead atoms. The maximum atomic E-state index is 9.52. The minimum absolute atomic E-state index is 0.147. The number of hydrogen-bond donors (Lipinski definition) is 1. The second kappa shape index (κ2) is 5.57. The molecule has 1 aromatic heterocycles. The number of aliphatic hydroxyl groups excluding tert-OH is 1. The van der Waals surface area contributed by atoms with E-state index in [1.807, 2.05) is 6.20 Å². The molecular weight excluding hydrogens is 228 g/mol. The average Bonchev–Trinajstić information content (AvgIpc) is 2.38. The molecule has 1 aliphatic heterocycles. The number of rotatable bonds is 3. The van der Waals surface area contributed by atoms with Crippen molar-refractivity contribution in [3.8, 4) is 5.75 Å². The van der Waals surface area contributed by atoms with Gasteiger partial charge in [0.05, 0.1) is 30.8 Å². The number of aliphatic hydroxyl groups is 1. The van der Waals surface area contributed by atoms with Crippen LogP contribution in [0, 0.1) is 0 Å². The Morgan fingerprint density at radius 1 is 1.39 bits per heavy atom. The Labute approximate surface area is 109 Å². The van der Waals surface area contributed by atoms with Crippen molar-refractivity contribution in [2.75, 3.05) is 25.1 Å². The van der Waals surface area contributed by atoms with E-state index in [0.29, 0.717) is 5.92 Å². The van der Waals surface area contributed by atoms with E-state index in [4.69, 9.17) is 4.74 Å². The van der Waals surface area contributed by atoms with Crippen molar-refractivity contribution in [3.63, 3.8) is 0 Å². The van der Waals surface area contributed by atoms with E-state index in [1.54, 1.807) is 7.11 Å². The van der Waals surface area contributed by atoms with Crippen LogP contribution < -0.4 is 9.64 Å². The molecular formula is C14H22N2O2. The van der Waals surface area contributed by atoms with Crippen LogP contribution in [0.25, 0.3) is 0 Å². The average molecular weight is 250 g/mol. The fourth-order valence-corrected chi connectivity index (χ4v) is 2.34. The predicted octanol–water partition coefficient (Wildman–Crippen LogP) is 2.17. The zero-order valence-electron chi connectivity index (χ0n) is 11.4. The normalized spacial score (nSPS) is 17.3. The molecule has 2 heterocycles. The molecule has 0 saturated carbocycles. The van der Waals surface area contributed by atoms with Crippen LogP contribution in [-0.2, 0) is 0 Å². The topological polar surface area (TPSA) is 45.6 Å². The third-order valence-electron chi connectivity index (χ3n) is 3.46. The lowest BCUT2D eigenvalue weighted by Crippen LogP contribution is -2.35. The molecule has 0 atom stereocenters. The van der Waals surface area contributed by atoms with E-state index in [1.165, 1.54) is 0 Å². The lowest BCUT2D eigenvalue weighted by molar-refractivity contribution is 0.145. The third kappa shape index (κ3) is 2.75. The lowest BCUT2D eigenvalue weighted by atomic mass is 10.1.